The van der Waals surface area contributed by atoms with Gasteiger partial charge >= 0.3 is 0 Å². The molecule has 1 N–H and O–H groups in total. The normalized spacial score (nSPS) is 10.8. The van der Waals surface area contributed by atoms with E-state index in [1.807, 2.05) is 67.6 Å². The molecule has 1 amide bonds. The van der Waals surface area contributed by atoms with Crippen molar-refractivity contribution in [3.8, 4) is 11.5 Å². The van der Waals surface area contributed by atoms with E-state index in [1.165, 1.54) is 0 Å². The molecule has 0 bridgehead atoms. The number of fused-ring (bicyclic) bond motifs is 1. The van der Waals surface area contributed by atoms with Crippen molar-refractivity contribution in [3.63, 3.8) is 0 Å². The largest absolute Gasteiger partial charge is 0.434 e. The standard InChI is InChI=1S/C21H17N3O2/c1-14-5-2-3-6-16(14)13-19(25)23-17-10-8-15(9-11-17)21-24-20-18(26-21)7-4-12-22-20/h2-12H,13H2,1H3,(H,23,25). The first-order valence-electron chi connectivity index (χ1n) is 8.35. The van der Waals surface area contributed by atoms with Crippen LogP contribution >= 0.6 is 0 Å². The summed E-state index contributed by atoms with van der Waals surface area (Å²) in [5, 5.41) is 2.92. The van der Waals surface area contributed by atoms with E-state index in [9.17, 15) is 4.79 Å². The van der Waals surface area contributed by atoms with Crippen molar-refractivity contribution in [1.82, 2.24) is 9.97 Å². The predicted molar refractivity (Wildman–Crippen MR) is 101 cm³/mol. The Labute approximate surface area is 150 Å². The van der Waals surface area contributed by atoms with Gasteiger partial charge in [0.15, 0.2) is 11.2 Å². The first kappa shape index (κ1) is 16.0. The fraction of sp³-hybridized carbons (Fsp3) is 0.0952. The Hall–Kier alpha value is -3.47. The summed E-state index contributed by atoms with van der Waals surface area (Å²) in [5.41, 5.74) is 4.95. The summed E-state index contributed by atoms with van der Waals surface area (Å²) < 4.78 is 5.71. The van der Waals surface area contributed by atoms with Crippen LogP contribution in [0.4, 0.5) is 5.69 Å². The summed E-state index contributed by atoms with van der Waals surface area (Å²) >= 11 is 0. The van der Waals surface area contributed by atoms with Gasteiger partial charge in [-0.15, -0.1) is 0 Å². The highest BCUT2D eigenvalue weighted by molar-refractivity contribution is 5.92. The Kier molecular flexibility index (Phi) is 4.19. The van der Waals surface area contributed by atoms with Crippen molar-refractivity contribution in [2.75, 3.05) is 5.32 Å². The number of aromatic nitrogens is 2. The molecule has 0 fully saturated rings. The van der Waals surface area contributed by atoms with Crippen molar-refractivity contribution in [2.45, 2.75) is 13.3 Å². The van der Waals surface area contributed by atoms with Gasteiger partial charge in [0.1, 0.15) is 0 Å². The highest BCUT2D eigenvalue weighted by Crippen LogP contribution is 2.24. The quantitative estimate of drug-likeness (QED) is 0.597. The number of rotatable bonds is 4. The van der Waals surface area contributed by atoms with Crippen molar-refractivity contribution < 1.29 is 9.21 Å². The molecule has 0 aliphatic heterocycles. The van der Waals surface area contributed by atoms with E-state index in [0.717, 1.165) is 22.4 Å². The van der Waals surface area contributed by atoms with Crippen LogP contribution in [0.5, 0.6) is 0 Å². The Balaban J connectivity index is 1.47. The van der Waals surface area contributed by atoms with Gasteiger partial charge < -0.3 is 9.73 Å². The van der Waals surface area contributed by atoms with Gasteiger partial charge in [0.2, 0.25) is 11.8 Å². The lowest BCUT2D eigenvalue weighted by atomic mass is 10.1. The molecule has 2 heterocycles. The van der Waals surface area contributed by atoms with Crippen molar-refractivity contribution in [1.29, 1.82) is 0 Å². The number of carbonyl (C=O) groups is 1. The number of oxazole rings is 1. The number of carbonyl (C=O) groups excluding carboxylic acids is 1. The molecule has 0 aliphatic rings. The number of aryl methyl sites for hydroxylation is 1. The number of anilines is 1. The average Bonchev–Trinajstić information content (AvgIpc) is 3.08. The fourth-order valence-corrected chi connectivity index (χ4v) is 2.78. The van der Waals surface area contributed by atoms with Crippen LogP contribution in [0, 0.1) is 6.92 Å². The van der Waals surface area contributed by atoms with E-state index in [2.05, 4.69) is 15.3 Å². The summed E-state index contributed by atoms with van der Waals surface area (Å²) in [7, 11) is 0. The lowest BCUT2D eigenvalue weighted by molar-refractivity contribution is -0.115. The molecule has 4 aromatic rings. The van der Waals surface area contributed by atoms with Crippen LogP contribution in [0.3, 0.4) is 0 Å². The fourth-order valence-electron chi connectivity index (χ4n) is 2.78. The Morgan fingerprint density at radius 3 is 2.62 bits per heavy atom. The Morgan fingerprint density at radius 1 is 1.04 bits per heavy atom. The zero-order valence-corrected chi connectivity index (χ0v) is 14.3. The Morgan fingerprint density at radius 2 is 1.85 bits per heavy atom. The number of nitrogens with zero attached hydrogens (tertiary/aromatic N) is 2. The second kappa shape index (κ2) is 6.80. The van der Waals surface area contributed by atoms with Crippen molar-refractivity contribution in [3.05, 3.63) is 78.0 Å². The van der Waals surface area contributed by atoms with E-state index >= 15 is 0 Å². The second-order valence-corrected chi connectivity index (χ2v) is 6.07. The molecule has 2 aromatic heterocycles. The maximum atomic E-state index is 12.3. The van der Waals surface area contributed by atoms with Crippen LogP contribution < -0.4 is 5.32 Å². The van der Waals surface area contributed by atoms with E-state index < -0.39 is 0 Å². The molecular formula is C21H17N3O2. The van der Waals surface area contributed by atoms with Crippen molar-refractivity contribution >= 4 is 22.8 Å². The Bertz CT molecular complexity index is 1040. The SMILES string of the molecule is Cc1ccccc1CC(=O)Nc1ccc(-c2nc3ncccc3o2)cc1. The summed E-state index contributed by atoms with van der Waals surface area (Å²) in [5.74, 6) is 0.467. The highest BCUT2D eigenvalue weighted by Gasteiger charge is 2.10. The zero-order valence-electron chi connectivity index (χ0n) is 14.3. The zero-order chi connectivity index (χ0) is 17.9. The third kappa shape index (κ3) is 3.32. The molecule has 0 saturated carbocycles. The minimum Gasteiger partial charge on any atom is -0.434 e. The number of nitrogens with one attached hydrogen (secondary N) is 1. The van der Waals surface area contributed by atoms with Crippen LogP contribution in [-0.2, 0) is 11.2 Å². The van der Waals surface area contributed by atoms with Gasteiger partial charge in [-0.05, 0) is 54.4 Å². The molecule has 0 unspecified atom stereocenters. The molecule has 4 rings (SSSR count). The molecule has 0 spiro atoms. The van der Waals surface area contributed by atoms with Gasteiger partial charge in [0.25, 0.3) is 0 Å². The first-order valence-corrected chi connectivity index (χ1v) is 8.35. The third-order valence-corrected chi connectivity index (χ3v) is 4.19. The number of pyridine rings is 1. The van der Waals surface area contributed by atoms with Crippen LogP contribution in [0.25, 0.3) is 22.7 Å². The van der Waals surface area contributed by atoms with E-state index in [4.69, 9.17) is 4.42 Å². The summed E-state index contributed by atoms with van der Waals surface area (Å²) in [6.45, 7) is 2.01. The van der Waals surface area contributed by atoms with Gasteiger partial charge in [0, 0.05) is 17.4 Å². The molecule has 128 valence electrons. The van der Waals surface area contributed by atoms with Gasteiger partial charge in [0.05, 0.1) is 6.42 Å². The van der Waals surface area contributed by atoms with Gasteiger partial charge in [-0.25, -0.2) is 4.98 Å². The number of hydrogen-bond acceptors (Lipinski definition) is 4. The molecule has 5 nitrogen and oxygen atoms in total. The molecule has 0 atom stereocenters. The maximum Gasteiger partial charge on any atom is 0.228 e. The summed E-state index contributed by atoms with van der Waals surface area (Å²) in [6.07, 6.45) is 2.03. The van der Waals surface area contributed by atoms with Gasteiger partial charge in [-0.3, -0.25) is 4.79 Å². The molecule has 0 saturated heterocycles. The summed E-state index contributed by atoms with van der Waals surface area (Å²) in [4.78, 5) is 20.8. The van der Waals surface area contributed by atoms with Crippen LogP contribution in [-0.4, -0.2) is 15.9 Å². The molecule has 2 aromatic carbocycles. The number of hydrogen-bond donors (Lipinski definition) is 1. The summed E-state index contributed by atoms with van der Waals surface area (Å²) in [6, 6.07) is 19.0. The van der Waals surface area contributed by atoms with Gasteiger partial charge in [-0.2, -0.15) is 4.98 Å². The molecule has 0 aliphatic carbocycles. The first-order chi connectivity index (χ1) is 12.7. The number of amides is 1. The van der Waals surface area contributed by atoms with E-state index in [0.29, 0.717) is 23.5 Å². The lowest BCUT2D eigenvalue weighted by Gasteiger charge is -2.07. The van der Waals surface area contributed by atoms with Gasteiger partial charge in [-0.1, -0.05) is 24.3 Å². The lowest BCUT2D eigenvalue weighted by Crippen LogP contribution is -2.14. The molecular weight excluding hydrogens is 326 g/mol. The number of benzene rings is 2. The minimum atomic E-state index is -0.0434. The van der Waals surface area contributed by atoms with E-state index in [1.54, 1.807) is 6.20 Å². The monoisotopic (exact) mass is 343 g/mol. The third-order valence-electron chi connectivity index (χ3n) is 4.19. The van der Waals surface area contributed by atoms with Crippen molar-refractivity contribution in [2.24, 2.45) is 0 Å². The average molecular weight is 343 g/mol. The molecule has 26 heavy (non-hydrogen) atoms. The minimum absolute atomic E-state index is 0.0434. The van der Waals surface area contributed by atoms with E-state index in [-0.39, 0.29) is 5.91 Å². The molecule has 5 heteroatoms. The molecule has 0 radical (unpaired) electrons. The topological polar surface area (TPSA) is 68.0 Å². The van der Waals surface area contributed by atoms with Crippen LogP contribution in [0.1, 0.15) is 11.1 Å². The maximum absolute atomic E-state index is 12.3. The highest BCUT2D eigenvalue weighted by atomic mass is 16.3. The van der Waals surface area contributed by atoms with Crippen LogP contribution in [0.2, 0.25) is 0 Å². The van der Waals surface area contributed by atoms with Crippen LogP contribution in [0.15, 0.2) is 71.3 Å². The smallest absolute Gasteiger partial charge is 0.228 e. The second-order valence-electron chi connectivity index (χ2n) is 6.07. The predicted octanol–water partition coefficient (Wildman–Crippen LogP) is 4.38.